The predicted octanol–water partition coefficient (Wildman–Crippen LogP) is 2.67. The Hall–Kier alpha value is -1.92. The lowest BCUT2D eigenvalue weighted by atomic mass is 9.96. The van der Waals surface area contributed by atoms with E-state index < -0.39 is 17.7 Å². The Morgan fingerprint density at radius 2 is 2.00 bits per heavy atom. The van der Waals surface area contributed by atoms with Gasteiger partial charge in [-0.1, -0.05) is 30.3 Å². The lowest BCUT2D eigenvalue weighted by Gasteiger charge is -2.24. The molecule has 1 heterocycles. The van der Waals surface area contributed by atoms with Gasteiger partial charge in [0.15, 0.2) is 5.78 Å². The first-order valence-corrected chi connectivity index (χ1v) is 9.18. The molecule has 1 aliphatic heterocycles. The quantitative estimate of drug-likeness (QED) is 0.743. The lowest BCUT2D eigenvalue weighted by molar-refractivity contribution is -0.126. The van der Waals surface area contributed by atoms with Crippen LogP contribution in [0.4, 0.5) is 4.79 Å². The molecule has 144 valence electrons. The van der Waals surface area contributed by atoms with E-state index in [-0.39, 0.29) is 12.4 Å². The van der Waals surface area contributed by atoms with Crippen LogP contribution in [0.25, 0.3) is 0 Å². The normalized spacial score (nSPS) is 18.3. The maximum atomic E-state index is 12.6. The number of ketones is 1. The van der Waals surface area contributed by atoms with E-state index in [1.165, 1.54) is 0 Å². The summed E-state index contributed by atoms with van der Waals surface area (Å²) in [7, 11) is 0. The van der Waals surface area contributed by atoms with Gasteiger partial charge in [-0.25, -0.2) is 4.79 Å². The van der Waals surface area contributed by atoms with Crippen LogP contribution in [-0.2, 0) is 20.9 Å². The summed E-state index contributed by atoms with van der Waals surface area (Å²) < 4.78 is 10.9. The standard InChI is InChI=1S/C20H30N2O4/c1-20(2,3)26-19(24)22-17(11-16-9-10-21-12-16)18(23)14-25-13-15-7-5-4-6-8-15/h4-8,16-17,21H,9-14H2,1-3H3,(H,22,24)/t16-,17?/m0/s1. The molecule has 0 aromatic heterocycles. The third-order valence-corrected chi connectivity index (χ3v) is 4.17. The molecule has 0 bridgehead atoms. The number of hydrogen-bond acceptors (Lipinski definition) is 5. The highest BCUT2D eigenvalue weighted by molar-refractivity contribution is 5.88. The fourth-order valence-corrected chi connectivity index (χ4v) is 2.91. The van der Waals surface area contributed by atoms with Crippen LogP contribution in [0.15, 0.2) is 30.3 Å². The number of hydrogen-bond donors (Lipinski definition) is 2. The van der Waals surface area contributed by atoms with Crippen molar-refractivity contribution in [2.45, 2.75) is 51.9 Å². The van der Waals surface area contributed by atoms with Crippen LogP contribution < -0.4 is 10.6 Å². The number of carbonyl (C=O) groups is 2. The summed E-state index contributed by atoms with van der Waals surface area (Å²) in [6, 6.07) is 9.10. The van der Waals surface area contributed by atoms with Gasteiger partial charge in [-0.3, -0.25) is 4.79 Å². The van der Waals surface area contributed by atoms with Gasteiger partial charge < -0.3 is 20.1 Å². The fraction of sp³-hybridized carbons (Fsp3) is 0.600. The minimum atomic E-state index is -0.601. The number of nitrogens with one attached hydrogen (secondary N) is 2. The van der Waals surface area contributed by atoms with E-state index in [4.69, 9.17) is 9.47 Å². The van der Waals surface area contributed by atoms with Crippen molar-refractivity contribution in [1.82, 2.24) is 10.6 Å². The Bertz CT molecular complexity index is 577. The van der Waals surface area contributed by atoms with Crippen molar-refractivity contribution in [1.29, 1.82) is 0 Å². The average molecular weight is 362 g/mol. The Balaban J connectivity index is 1.88. The molecular weight excluding hydrogens is 332 g/mol. The Morgan fingerprint density at radius 3 is 2.62 bits per heavy atom. The Labute approximate surface area is 155 Å². The maximum Gasteiger partial charge on any atom is 0.408 e. The molecule has 0 aliphatic carbocycles. The van der Waals surface area contributed by atoms with Gasteiger partial charge in [-0.15, -0.1) is 0 Å². The van der Waals surface area contributed by atoms with E-state index in [1.807, 2.05) is 30.3 Å². The number of benzene rings is 1. The fourth-order valence-electron chi connectivity index (χ4n) is 2.91. The molecule has 0 radical (unpaired) electrons. The molecule has 6 heteroatoms. The second-order valence-electron chi connectivity index (χ2n) is 7.74. The predicted molar refractivity (Wildman–Crippen MR) is 99.9 cm³/mol. The first-order chi connectivity index (χ1) is 12.3. The Morgan fingerprint density at radius 1 is 1.27 bits per heavy atom. The van der Waals surface area contributed by atoms with Gasteiger partial charge in [-0.05, 0) is 58.2 Å². The van der Waals surface area contributed by atoms with Crippen LogP contribution in [0.3, 0.4) is 0 Å². The van der Waals surface area contributed by atoms with Gasteiger partial charge in [0.2, 0.25) is 0 Å². The minimum absolute atomic E-state index is 0.0322. The molecule has 1 saturated heterocycles. The summed E-state index contributed by atoms with van der Waals surface area (Å²) in [5, 5.41) is 6.02. The molecule has 6 nitrogen and oxygen atoms in total. The smallest absolute Gasteiger partial charge is 0.408 e. The van der Waals surface area contributed by atoms with Crippen LogP contribution in [0.5, 0.6) is 0 Å². The number of rotatable bonds is 8. The van der Waals surface area contributed by atoms with Gasteiger partial charge in [0, 0.05) is 0 Å². The average Bonchev–Trinajstić information content (AvgIpc) is 3.06. The SMILES string of the molecule is CC(C)(C)OC(=O)NC(C[C@@H]1CCNC1)C(=O)COCc1ccccc1. The highest BCUT2D eigenvalue weighted by Gasteiger charge is 2.28. The number of ether oxygens (including phenoxy) is 2. The van der Waals surface area contributed by atoms with E-state index in [9.17, 15) is 9.59 Å². The summed E-state index contributed by atoms with van der Waals surface area (Å²) in [6.45, 7) is 7.55. The Kier molecular flexibility index (Phi) is 7.60. The summed E-state index contributed by atoms with van der Waals surface area (Å²) in [5.41, 5.74) is 0.410. The highest BCUT2D eigenvalue weighted by atomic mass is 16.6. The topological polar surface area (TPSA) is 76.7 Å². The lowest BCUT2D eigenvalue weighted by Crippen LogP contribution is -2.45. The van der Waals surface area contributed by atoms with Gasteiger partial charge in [0.05, 0.1) is 12.6 Å². The molecule has 0 spiro atoms. The molecule has 26 heavy (non-hydrogen) atoms. The third-order valence-electron chi connectivity index (χ3n) is 4.17. The van der Waals surface area contributed by atoms with E-state index in [0.717, 1.165) is 25.1 Å². The number of amides is 1. The molecule has 1 aromatic rings. The van der Waals surface area contributed by atoms with Gasteiger partial charge in [-0.2, -0.15) is 0 Å². The minimum Gasteiger partial charge on any atom is -0.444 e. The van der Waals surface area contributed by atoms with Crippen LogP contribution in [0, 0.1) is 5.92 Å². The zero-order valence-corrected chi connectivity index (χ0v) is 15.9. The second kappa shape index (κ2) is 9.69. The molecule has 2 N–H and O–H groups in total. The van der Waals surface area contributed by atoms with Crippen molar-refractivity contribution in [2.75, 3.05) is 19.7 Å². The number of alkyl carbamates (subject to hydrolysis) is 1. The molecule has 1 fully saturated rings. The van der Waals surface area contributed by atoms with Crippen molar-refractivity contribution in [3.05, 3.63) is 35.9 Å². The van der Waals surface area contributed by atoms with Crippen molar-refractivity contribution in [3.63, 3.8) is 0 Å². The first kappa shape index (κ1) is 20.4. The summed E-state index contributed by atoms with van der Waals surface area (Å²) in [5.74, 6) is 0.242. The molecule has 2 rings (SSSR count). The molecule has 0 saturated carbocycles. The zero-order chi connectivity index (χ0) is 19.0. The van der Waals surface area contributed by atoms with E-state index in [2.05, 4.69) is 10.6 Å². The molecule has 1 aromatic carbocycles. The van der Waals surface area contributed by atoms with Gasteiger partial charge in [0.1, 0.15) is 12.2 Å². The van der Waals surface area contributed by atoms with Crippen molar-refractivity contribution in [2.24, 2.45) is 5.92 Å². The van der Waals surface area contributed by atoms with Gasteiger partial charge in [0.25, 0.3) is 0 Å². The third kappa shape index (κ3) is 7.54. The number of carbonyl (C=O) groups excluding carboxylic acids is 2. The largest absolute Gasteiger partial charge is 0.444 e. The summed E-state index contributed by atoms with van der Waals surface area (Å²) in [4.78, 5) is 24.7. The zero-order valence-electron chi connectivity index (χ0n) is 15.9. The summed E-state index contributed by atoms with van der Waals surface area (Å²) >= 11 is 0. The molecule has 1 unspecified atom stereocenters. The van der Waals surface area contributed by atoms with E-state index in [0.29, 0.717) is 18.9 Å². The van der Waals surface area contributed by atoms with Crippen molar-refractivity contribution >= 4 is 11.9 Å². The second-order valence-corrected chi connectivity index (χ2v) is 7.74. The maximum absolute atomic E-state index is 12.6. The van der Waals surface area contributed by atoms with Crippen LogP contribution in [0.2, 0.25) is 0 Å². The monoisotopic (exact) mass is 362 g/mol. The molecule has 1 aliphatic rings. The van der Waals surface area contributed by atoms with Crippen molar-refractivity contribution in [3.8, 4) is 0 Å². The summed E-state index contributed by atoms with van der Waals surface area (Å²) in [6.07, 6.45) is 1.04. The van der Waals surface area contributed by atoms with E-state index >= 15 is 0 Å². The van der Waals surface area contributed by atoms with Crippen LogP contribution in [-0.4, -0.2) is 43.2 Å². The first-order valence-electron chi connectivity index (χ1n) is 9.18. The molecular formula is C20H30N2O4. The van der Waals surface area contributed by atoms with Crippen molar-refractivity contribution < 1.29 is 19.1 Å². The molecule has 2 atom stereocenters. The van der Waals surface area contributed by atoms with E-state index in [1.54, 1.807) is 20.8 Å². The highest BCUT2D eigenvalue weighted by Crippen LogP contribution is 2.16. The van der Waals surface area contributed by atoms with Crippen LogP contribution in [0.1, 0.15) is 39.2 Å². The van der Waals surface area contributed by atoms with Gasteiger partial charge >= 0.3 is 6.09 Å². The van der Waals surface area contributed by atoms with Crippen LogP contribution >= 0.6 is 0 Å². The number of Topliss-reactive ketones (excluding diaryl/α,β-unsaturated/α-hetero) is 1. The molecule has 1 amide bonds.